The van der Waals surface area contributed by atoms with Crippen molar-refractivity contribution in [2.45, 2.75) is 19.1 Å². The Kier molecular flexibility index (Phi) is 6.33. The number of piperazine rings is 1. The van der Waals surface area contributed by atoms with E-state index in [9.17, 15) is 5.11 Å². The molecule has 170 valence electrons. The van der Waals surface area contributed by atoms with Gasteiger partial charge >= 0.3 is 0 Å². The average Bonchev–Trinajstić information content (AvgIpc) is 3.26. The minimum absolute atomic E-state index is 0.679. The summed E-state index contributed by atoms with van der Waals surface area (Å²) < 4.78 is 11.8. The van der Waals surface area contributed by atoms with E-state index in [0.717, 1.165) is 67.0 Å². The number of aliphatic hydroxyl groups is 1. The van der Waals surface area contributed by atoms with Crippen LogP contribution in [-0.4, -0.2) is 43.3 Å². The summed E-state index contributed by atoms with van der Waals surface area (Å²) in [6.45, 7) is 3.12. The van der Waals surface area contributed by atoms with Crippen molar-refractivity contribution in [3.05, 3.63) is 95.7 Å². The van der Waals surface area contributed by atoms with Gasteiger partial charge in [0.2, 0.25) is 0 Å². The number of anilines is 1. The maximum absolute atomic E-state index is 11.4. The van der Waals surface area contributed by atoms with Crippen LogP contribution >= 0.6 is 0 Å². The zero-order valence-electron chi connectivity index (χ0n) is 19.0. The van der Waals surface area contributed by atoms with E-state index in [-0.39, 0.29) is 0 Å². The van der Waals surface area contributed by atoms with E-state index in [1.54, 1.807) is 7.11 Å². The topological polar surface area (TPSA) is 49.1 Å². The second-order valence-electron chi connectivity index (χ2n) is 8.50. The molecule has 4 aromatic rings. The summed E-state index contributed by atoms with van der Waals surface area (Å²) in [5.41, 5.74) is 4.33. The van der Waals surface area contributed by atoms with Crippen molar-refractivity contribution in [2.24, 2.45) is 0 Å². The van der Waals surface area contributed by atoms with Crippen LogP contribution in [0, 0.1) is 0 Å². The van der Waals surface area contributed by atoms with Gasteiger partial charge in [-0.05, 0) is 36.6 Å². The molecule has 33 heavy (non-hydrogen) atoms. The second-order valence-corrected chi connectivity index (χ2v) is 8.50. The third-order valence-corrected chi connectivity index (χ3v) is 6.56. The van der Waals surface area contributed by atoms with Crippen molar-refractivity contribution in [3.63, 3.8) is 0 Å². The number of benzene rings is 3. The van der Waals surface area contributed by atoms with Gasteiger partial charge in [-0.15, -0.1) is 0 Å². The van der Waals surface area contributed by atoms with Crippen LogP contribution in [0.2, 0.25) is 0 Å². The minimum Gasteiger partial charge on any atom is -0.495 e. The first-order valence-electron chi connectivity index (χ1n) is 11.6. The lowest BCUT2D eigenvalue weighted by Gasteiger charge is -2.38. The Morgan fingerprint density at radius 1 is 0.848 bits per heavy atom. The molecule has 1 saturated heterocycles. The standard InChI is InChI=1S/C28H30N2O3/c1-32-26-14-8-6-12-24(26)29-17-19-30(20-18-29)28(31)27-23(16-15-21-9-3-2-4-10-21)22-11-5-7-13-25(22)33-27/h2-14,28,31H,15-20H2,1H3. The number of hydrogen-bond acceptors (Lipinski definition) is 5. The maximum atomic E-state index is 11.4. The third kappa shape index (κ3) is 4.47. The molecular weight excluding hydrogens is 412 g/mol. The molecule has 1 fully saturated rings. The van der Waals surface area contributed by atoms with E-state index >= 15 is 0 Å². The van der Waals surface area contributed by atoms with E-state index in [1.807, 2.05) is 42.5 Å². The molecule has 2 heterocycles. The summed E-state index contributed by atoms with van der Waals surface area (Å²) in [6.07, 6.45) is 0.975. The number of para-hydroxylation sites is 3. The summed E-state index contributed by atoms with van der Waals surface area (Å²) in [4.78, 5) is 4.42. The lowest BCUT2D eigenvalue weighted by atomic mass is 10.0. The molecule has 1 N–H and O–H groups in total. The molecule has 1 aromatic heterocycles. The van der Waals surface area contributed by atoms with Crippen molar-refractivity contribution >= 4 is 16.7 Å². The number of hydrogen-bond donors (Lipinski definition) is 1. The molecule has 0 aliphatic carbocycles. The lowest BCUT2D eigenvalue weighted by molar-refractivity contribution is -0.0167. The van der Waals surface area contributed by atoms with Gasteiger partial charge in [0.25, 0.3) is 0 Å². The van der Waals surface area contributed by atoms with Gasteiger partial charge < -0.3 is 19.2 Å². The van der Waals surface area contributed by atoms with Crippen LogP contribution in [0.4, 0.5) is 5.69 Å². The predicted octanol–water partition coefficient (Wildman–Crippen LogP) is 5.04. The van der Waals surface area contributed by atoms with Gasteiger partial charge in [0, 0.05) is 37.1 Å². The highest BCUT2D eigenvalue weighted by molar-refractivity contribution is 5.82. The SMILES string of the molecule is COc1ccccc1N1CCN(C(O)c2oc3ccccc3c2CCc2ccccc2)CC1. The molecule has 1 unspecified atom stereocenters. The number of rotatable bonds is 7. The van der Waals surface area contributed by atoms with Crippen molar-refractivity contribution in [3.8, 4) is 5.75 Å². The maximum Gasteiger partial charge on any atom is 0.166 e. The Bertz CT molecular complexity index is 1200. The van der Waals surface area contributed by atoms with Crippen molar-refractivity contribution in [1.82, 2.24) is 4.90 Å². The molecule has 0 radical (unpaired) electrons. The van der Waals surface area contributed by atoms with Crippen LogP contribution in [0.15, 0.2) is 83.3 Å². The van der Waals surface area contributed by atoms with Gasteiger partial charge in [0.05, 0.1) is 12.8 Å². The summed E-state index contributed by atoms with van der Waals surface area (Å²) in [5, 5.41) is 12.5. The molecule has 1 aliphatic heterocycles. The van der Waals surface area contributed by atoms with E-state index in [1.165, 1.54) is 5.56 Å². The predicted molar refractivity (Wildman–Crippen MR) is 132 cm³/mol. The summed E-state index contributed by atoms with van der Waals surface area (Å²) in [7, 11) is 1.71. The monoisotopic (exact) mass is 442 g/mol. The van der Waals surface area contributed by atoms with E-state index in [2.05, 4.69) is 46.2 Å². The second kappa shape index (κ2) is 9.69. The summed E-state index contributed by atoms with van der Waals surface area (Å²) >= 11 is 0. The Morgan fingerprint density at radius 3 is 2.33 bits per heavy atom. The van der Waals surface area contributed by atoms with Gasteiger partial charge in [-0.2, -0.15) is 0 Å². The molecule has 5 heteroatoms. The summed E-state index contributed by atoms with van der Waals surface area (Å²) in [6, 6.07) is 26.7. The van der Waals surface area contributed by atoms with Gasteiger partial charge in [-0.1, -0.05) is 60.7 Å². The van der Waals surface area contributed by atoms with Crippen LogP contribution in [0.5, 0.6) is 5.75 Å². The van der Waals surface area contributed by atoms with Crippen LogP contribution in [-0.2, 0) is 12.8 Å². The molecule has 0 bridgehead atoms. The van der Waals surface area contributed by atoms with Gasteiger partial charge in [-0.3, -0.25) is 4.90 Å². The van der Waals surface area contributed by atoms with Crippen molar-refractivity contribution in [1.29, 1.82) is 0 Å². The van der Waals surface area contributed by atoms with E-state index < -0.39 is 6.23 Å². The number of furan rings is 1. The first-order chi connectivity index (χ1) is 16.2. The van der Waals surface area contributed by atoms with Crippen LogP contribution < -0.4 is 9.64 Å². The van der Waals surface area contributed by atoms with Gasteiger partial charge in [0.1, 0.15) is 11.3 Å². The quantitative estimate of drug-likeness (QED) is 0.435. The zero-order valence-corrected chi connectivity index (χ0v) is 19.0. The number of methoxy groups -OCH3 is 1. The molecule has 5 nitrogen and oxygen atoms in total. The largest absolute Gasteiger partial charge is 0.495 e. The van der Waals surface area contributed by atoms with Crippen LogP contribution in [0.3, 0.4) is 0 Å². The number of nitrogens with zero attached hydrogens (tertiary/aromatic N) is 2. The number of fused-ring (bicyclic) bond motifs is 1. The fourth-order valence-corrected chi connectivity index (χ4v) is 4.76. The number of aryl methyl sites for hydroxylation is 2. The summed E-state index contributed by atoms with van der Waals surface area (Å²) in [5.74, 6) is 1.56. The highest BCUT2D eigenvalue weighted by Crippen LogP contribution is 2.34. The number of ether oxygens (including phenoxy) is 1. The fraction of sp³-hybridized carbons (Fsp3) is 0.286. The molecule has 1 atom stereocenters. The molecule has 3 aromatic carbocycles. The molecule has 0 amide bonds. The third-order valence-electron chi connectivity index (χ3n) is 6.56. The van der Waals surface area contributed by atoms with Gasteiger partial charge in [-0.25, -0.2) is 0 Å². The van der Waals surface area contributed by atoms with Crippen LogP contribution in [0.1, 0.15) is 23.1 Å². The van der Waals surface area contributed by atoms with E-state index in [4.69, 9.17) is 9.15 Å². The average molecular weight is 443 g/mol. The lowest BCUT2D eigenvalue weighted by Crippen LogP contribution is -2.47. The Hall–Kier alpha value is -3.28. The highest BCUT2D eigenvalue weighted by atomic mass is 16.5. The molecule has 5 rings (SSSR count). The molecule has 0 saturated carbocycles. The zero-order chi connectivity index (χ0) is 22.6. The first-order valence-corrected chi connectivity index (χ1v) is 11.6. The minimum atomic E-state index is -0.761. The normalized spacial score (nSPS) is 15.6. The van der Waals surface area contributed by atoms with E-state index in [0.29, 0.717) is 5.76 Å². The highest BCUT2D eigenvalue weighted by Gasteiger charge is 2.29. The van der Waals surface area contributed by atoms with Crippen molar-refractivity contribution < 1.29 is 14.3 Å². The first kappa shape index (κ1) is 21.6. The number of aliphatic hydroxyl groups excluding tert-OH is 1. The smallest absolute Gasteiger partial charge is 0.166 e. The Morgan fingerprint density at radius 2 is 1.55 bits per heavy atom. The molecule has 1 aliphatic rings. The Labute approximate surface area is 194 Å². The fourth-order valence-electron chi connectivity index (χ4n) is 4.76. The van der Waals surface area contributed by atoms with Crippen molar-refractivity contribution in [2.75, 3.05) is 38.2 Å². The Balaban J connectivity index is 1.35. The molecule has 0 spiro atoms. The molecular formula is C28H30N2O3. The van der Waals surface area contributed by atoms with Crippen LogP contribution in [0.25, 0.3) is 11.0 Å². The van der Waals surface area contributed by atoms with Gasteiger partial charge in [0.15, 0.2) is 12.0 Å².